The van der Waals surface area contributed by atoms with Crippen molar-refractivity contribution in [2.75, 3.05) is 6.54 Å². The summed E-state index contributed by atoms with van der Waals surface area (Å²) in [4.78, 5) is 16.3. The molecule has 3 nitrogen and oxygen atoms in total. The molecule has 1 atom stereocenters. The van der Waals surface area contributed by atoms with Crippen LogP contribution < -0.4 is 5.32 Å². The van der Waals surface area contributed by atoms with E-state index in [2.05, 4.69) is 44.1 Å². The molecule has 2 rings (SSSR count). The summed E-state index contributed by atoms with van der Waals surface area (Å²) < 4.78 is 0. The summed E-state index contributed by atoms with van der Waals surface area (Å²) in [7, 11) is 0. The van der Waals surface area contributed by atoms with Gasteiger partial charge in [-0.3, -0.25) is 9.78 Å². The van der Waals surface area contributed by atoms with Crippen molar-refractivity contribution in [2.45, 2.75) is 46.5 Å². The average Bonchev–Trinajstić information content (AvgIpc) is 2.36. The first-order valence-corrected chi connectivity index (χ1v) is 7.57. The zero-order chi connectivity index (χ0) is 14.8. The first kappa shape index (κ1) is 15.0. The van der Waals surface area contributed by atoms with Crippen LogP contribution >= 0.6 is 0 Å². The Morgan fingerprint density at radius 1 is 1.45 bits per heavy atom. The van der Waals surface area contributed by atoms with Crippen molar-refractivity contribution in [1.82, 2.24) is 10.3 Å². The number of hydrogen-bond donors (Lipinski definition) is 1. The average molecular weight is 274 g/mol. The molecule has 20 heavy (non-hydrogen) atoms. The normalized spacial score (nSPS) is 19.4. The van der Waals surface area contributed by atoms with E-state index >= 15 is 0 Å². The highest BCUT2D eigenvalue weighted by Gasteiger charge is 2.40. The molecular formula is C17H26N2O. The van der Waals surface area contributed by atoms with Gasteiger partial charge in [0.15, 0.2) is 0 Å². The summed E-state index contributed by atoms with van der Waals surface area (Å²) in [5, 5.41) is 3.14. The van der Waals surface area contributed by atoms with Crippen LogP contribution in [0.4, 0.5) is 0 Å². The molecule has 0 bridgehead atoms. The highest BCUT2D eigenvalue weighted by molar-refractivity contribution is 5.79. The number of rotatable bonds is 5. The second-order valence-corrected chi connectivity index (χ2v) is 7.15. The highest BCUT2D eigenvalue weighted by atomic mass is 16.1. The molecule has 0 saturated heterocycles. The Morgan fingerprint density at radius 3 is 2.65 bits per heavy atom. The fourth-order valence-electron chi connectivity index (χ4n) is 3.15. The van der Waals surface area contributed by atoms with E-state index < -0.39 is 0 Å². The van der Waals surface area contributed by atoms with Crippen LogP contribution in [0.25, 0.3) is 0 Å². The predicted molar refractivity (Wildman–Crippen MR) is 81.3 cm³/mol. The summed E-state index contributed by atoms with van der Waals surface area (Å²) in [5.74, 6) is 1.25. The highest BCUT2D eigenvalue weighted by Crippen LogP contribution is 2.44. The van der Waals surface area contributed by atoms with Gasteiger partial charge in [-0.2, -0.15) is 0 Å². The molecule has 1 aliphatic carbocycles. The molecule has 3 heteroatoms. The van der Waals surface area contributed by atoms with E-state index in [1.54, 1.807) is 6.20 Å². The van der Waals surface area contributed by atoms with Gasteiger partial charge in [0.1, 0.15) is 0 Å². The first-order valence-electron chi connectivity index (χ1n) is 7.57. The standard InChI is InChI=1S/C17H26N2O/c1-12(2)15(13-6-5-7-18-10-13)11-19-16(20)14-8-17(3,4)9-14/h5-7,10,12,14-15H,8-9,11H2,1-4H3,(H,19,20). The van der Waals surface area contributed by atoms with Gasteiger partial charge in [0.2, 0.25) is 5.91 Å². The molecule has 1 heterocycles. The Labute approximate surface area is 122 Å². The van der Waals surface area contributed by atoms with Gasteiger partial charge in [0.05, 0.1) is 0 Å². The van der Waals surface area contributed by atoms with E-state index in [-0.39, 0.29) is 11.8 Å². The summed E-state index contributed by atoms with van der Waals surface area (Å²) in [6.07, 6.45) is 5.72. The topological polar surface area (TPSA) is 42.0 Å². The van der Waals surface area contributed by atoms with Crippen molar-refractivity contribution in [3.05, 3.63) is 30.1 Å². The van der Waals surface area contributed by atoms with Gasteiger partial charge in [-0.15, -0.1) is 0 Å². The molecule has 110 valence electrons. The second-order valence-electron chi connectivity index (χ2n) is 7.15. The van der Waals surface area contributed by atoms with Gasteiger partial charge in [-0.25, -0.2) is 0 Å². The molecule has 1 aromatic heterocycles. The summed E-state index contributed by atoms with van der Waals surface area (Å²) in [5.41, 5.74) is 1.56. The van der Waals surface area contributed by atoms with E-state index in [9.17, 15) is 4.79 Å². The first-order chi connectivity index (χ1) is 9.39. The van der Waals surface area contributed by atoms with Gasteiger partial charge in [-0.05, 0) is 35.8 Å². The van der Waals surface area contributed by atoms with Gasteiger partial charge in [0.25, 0.3) is 0 Å². The summed E-state index contributed by atoms with van der Waals surface area (Å²) in [6.45, 7) is 9.54. The minimum atomic E-state index is 0.215. The monoisotopic (exact) mass is 274 g/mol. The smallest absolute Gasteiger partial charge is 0.223 e. The molecule has 1 unspecified atom stereocenters. The van der Waals surface area contributed by atoms with E-state index in [4.69, 9.17) is 0 Å². The zero-order valence-electron chi connectivity index (χ0n) is 13.0. The third-order valence-electron chi connectivity index (χ3n) is 4.38. The van der Waals surface area contributed by atoms with E-state index in [1.807, 2.05) is 12.3 Å². The van der Waals surface area contributed by atoms with Crippen molar-refractivity contribution < 1.29 is 4.79 Å². The van der Waals surface area contributed by atoms with Crippen LogP contribution in [0.2, 0.25) is 0 Å². The number of amides is 1. The number of hydrogen-bond acceptors (Lipinski definition) is 2. The van der Waals surface area contributed by atoms with Gasteiger partial charge in [-0.1, -0.05) is 33.8 Å². The SMILES string of the molecule is CC(C)C(CNC(=O)C1CC(C)(C)C1)c1cccnc1. The van der Waals surface area contributed by atoms with Crippen molar-refractivity contribution in [1.29, 1.82) is 0 Å². The molecule has 1 saturated carbocycles. The molecule has 1 aromatic rings. The number of pyridine rings is 1. The predicted octanol–water partition coefficient (Wildman–Crippen LogP) is 3.37. The minimum absolute atomic E-state index is 0.215. The zero-order valence-corrected chi connectivity index (χ0v) is 13.0. The maximum Gasteiger partial charge on any atom is 0.223 e. The van der Waals surface area contributed by atoms with Crippen molar-refractivity contribution >= 4 is 5.91 Å². The Kier molecular flexibility index (Phi) is 4.46. The summed E-state index contributed by atoms with van der Waals surface area (Å²) >= 11 is 0. The molecule has 1 aliphatic rings. The van der Waals surface area contributed by atoms with Crippen LogP contribution in [-0.2, 0) is 4.79 Å². The molecule has 0 spiro atoms. The molecule has 0 aliphatic heterocycles. The second kappa shape index (κ2) is 5.94. The van der Waals surface area contributed by atoms with Crippen LogP contribution in [0.3, 0.4) is 0 Å². The fraction of sp³-hybridized carbons (Fsp3) is 0.647. The number of nitrogens with one attached hydrogen (secondary N) is 1. The molecule has 0 radical (unpaired) electrons. The third-order valence-corrected chi connectivity index (χ3v) is 4.38. The van der Waals surface area contributed by atoms with Gasteiger partial charge in [0, 0.05) is 30.8 Å². The molecule has 1 N–H and O–H groups in total. The lowest BCUT2D eigenvalue weighted by Crippen LogP contribution is -2.44. The van der Waals surface area contributed by atoms with Crippen LogP contribution in [0.1, 0.15) is 52.0 Å². The quantitative estimate of drug-likeness (QED) is 0.894. The fourth-order valence-corrected chi connectivity index (χ4v) is 3.15. The van der Waals surface area contributed by atoms with E-state index in [0.717, 1.165) is 12.8 Å². The Morgan fingerprint density at radius 2 is 2.15 bits per heavy atom. The van der Waals surface area contributed by atoms with Crippen molar-refractivity contribution in [2.24, 2.45) is 17.3 Å². The molecule has 1 amide bonds. The molecule has 1 fully saturated rings. The van der Waals surface area contributed by atoms with Crippen molar-refractivity contribution in [3.8, 4) is 0 Å². The van der Waals surface area contributed by atoms with Crippen LogP contribution in [-0.4, -0.2) is 17.4 Å². The van der Waals surface area contributed by atoms with Crippen LogP contribution in [0.5, 0.6) is 0 Å². The number of carbonyl (C=O) groups excluding carboxylic acids is 1. The Bertz CT molecular complexity index is 445. The van der Waals surface area contributed by atoms with E-state index in [1.165, 1.54) is 5.56 Å². The Balaban J connectivity index is 1.89. The summed E-state index contributed by atoms with van der Waals surface area (Å²) in [6, 6.07) is 4.05. The molecular weight excluding hydrogens is 248 g/mol. The van der Waals surface area contributed by atoms with E-state index in [0.29, 0.717) is 23.8 Å². The van der Waals surface area contributed by atoms with Crippen LogP contribution in [0.15, 0.2) is 24.5 Å². The Hall–Kier alpha value is -1.38. The lowest BCUT2D eigenvalue weighted by molar-refractivity contribution is -0.131. The number of nitrogens with zero attached hydrogens (tertiary/aromatic N) is 1. The maximum atomic E-state index is 12.1. The minimum Gasteiger partial charge on any atom is -0.355 e. The van der Waals surface area contributed by atoms with Crippen molar-refractivity contribution in [3.63, 3.8) is 0 Å². The molecule has 0 aromatic carbocycles. The lowest BCUT2D eigenvalue weighted by Gasteiger charge is -2.41. The largest absolute Gasteiger partial charge is 0.355 e. The maximum absolute atomic E-state index is 12.1. The number of carbonyl (C=O) groups is 1. The van der Waals surface area contributed by atoms with Gasteiger partial charge < -0.3 is 5.32 Å². The van der Waals surface area contributed by atoms with Gasteiger partial charge >= 0.3 is 0 Å². The van der Waals surface area contributed by atoms with Crippen LogP contribution in [0, 0.1) is 17.3 Å². The third kappa shape index (κ3) is 3.59. The lowest BCUT2D eigenvalue weighted by atomic mass is 9.64. The number of aromatic nitrogens is 1.